The smallest absolute Gasteiger partial charge is 0.264 e. The van der Waals surface area contributed by atoms with Crippen LogP contribution in [0.3, 0.4) is 0 Å². The van der Waals surface area contributed by atoms with Crippen LogP contribution in [0.5, 0.6) is 0 Å². The summed E-state index contributed by atoms with van der Waals surface area (Å²) in [6.07, 6.45) is 0. The Bertz CT molecular complexity index is 993. The number of benzene rings is 2. The lowest BCUT2D eigenvalue weighted by atomic mass is 10.1. The molecule has 4 nitrogen and oxygen atoms in total. The van der Waals surface area contributed by atoms with Gasteiger partial charge in [0.25, 0.3) is 11.5 Å². The second-order valence-electron chi connectivity index (χ2n) is 6.18. The molecule has 132 valence electrons. The number of nitrogens with one attached hydrogen (secondary N) is 1. The first-order valence-electron chi connectivity index (χ1n) is 8.27. The first kappa shape index (κ1) is 18.0. The van der Waals surface area contributed by atoms with Crippen molar-refractivity contribution in [3.8, 4) is 0 Å². The molecule has 3 aromatic rings. The molecule has 1 amide bonds. The van der Waals surface area contributed by atoms with Crippen molar-refractivity contribution in [2.24, 2.45) is 0 Å². The average molecular weight is 367 g/mol. The average Bonchev–Trinajstić information content (AvgIpc) is 2.61. The Morgan fingerprint density at radius 2 is 1.69 bits per heavy atom. The van der Waals surface area contributed by atoms with Gasteiger partial charge in [-0.3, -0.25) is 9.59 Å². The first-order valence-corrected chi connectivity index (χ1v) is 8.65. The standard InChI is InChI=1S/C21H19ClN2O2/c1-14-12-15(2)24(13-16-6-4-3-5-7-16)21(26)19(14)20(25)23-18-10-8-17(22)9-11-18/h3-12H,13H2,1-2H3,(H,23,25). The van der Waals surface area contributed by atoms with Gasteiger partial charge in [-0.1, -0.05) is 41.9 Å². The molecule has 26 heavy (non-hydrogen) atoms. The highest BCUT2D eigenvalue weighted by molar-refractivity contribution is 6.30. The number of carbonyl (C=O) groups is 1. The van der Waals surface area contributed by atoms with Gasteiger partial charge in [-0.25, -0.2) is 0 Å². The molecule has 0 aliphatic heterocycles. The van der Waals surface area contributed by atoms with Crippen molar-refractivity contribution < 1.29 is 4.79 Å². The fourth-order valence-corrected chi connectivity index (χ4v) is 3.02. The van der Waals surface area contributed by atoms with Gasteiger partial charge >= 0.3 is 0 Å². The second kappa shape index (κ2) is 7.58. The molecule has 0 aliphatic rings. The highest BCUT2D eigenvalue weighted by atomic mass is 35.5. The summed E-state index contributed by atoms with van der Waals surface area (Å²) in [4.78, 5) is 25.7. The Kier molecular flexibility index (Phi) is 5.24. The minimum Gasteiger partial charge on any atom is -0.322 e. The van der Waals surface area contributed by atoms with Crippen LogP contribution in [-0.4, -0.2) is 10.5 Å². The molecule has 0 bridgehead atoms. The molecule has 5 heteroatoms. The van der Waals surface area contributed by atoms with Crippen molar-refractivity contribution in [3.63, 3.8) is 0 Å². The summed E-state index contributed by atoms with van der Waals surface area (Å²) >= 11 is 5.86. The number of aromatic nitrogens is 1. The van der Waals surface area contributed by atoms with Gasteiger partial charge in [0.15, 0.2) is 0 Å². The number of pyridine rings is 1. The van der Waals surface area contributed by atoms with Crippen molar-refractivity contribution in [2.45, 2.75) is 20.4 Å². The van der Waals surface area contributed by atoms with Crippen molar-refractivity contribution in [1.29, 1.82) is 0 Å². The molecular formula is C21H19ClN2O2. The summed E-state index contributed by atoms with van der Waals surface area (Å²) in [5.41, 5.74) is 2.93. The molecule has 1 N–H and O–H groups in total. The second-order valence-corrected chi connectivity index (χ2v) is 6.62. The van der Waals surface area contributed by atoms with E-state index in [1.807, 2.05) is 43.3 Å². The number of aryl methyl sites for hydroxylation is 2. The van der Waals surface area contributed by atoms with Crippen LogP contribution in [0.1, 0.15) is 27.2 Å². The Morgan fingerprint density at radius 3 is 2.35 bits per heavy atom. The molecule has 1 aromatic heterocycles. The Hall–Kier alpha value is -2.85. The largest absolute Gasteiger partial charge is 0.322 e. The van der Waals surface area contributed by atoms with E-state index < -0.39 is 5.91 Å². The Balaban J connectivity index is 1.96. The van der Waals surface area contributed by atoms with Gasteiger partial charge in [-0.2, -0.15) is 0 Å². The van der Waals surface area contributed by atoms with Crippen molar-refractivity contribution >= 4 is 23.2 Å². The maximum Gasteiger partial charge on any atom is 0.264 e. The Morgan fingerprint density at radius 1 is 1.04 bits per heavy atom. The van der Waals surface area contributed by atoms with Gasteiger partial charge < -0.3 is 9.88 Å². The molecular weight excluding hydrogens is 348 g/mol. The van der Waals surface area contributed by atoms with E-state index in [1.54, 1.807) is 35.8 Å². The zero-order valence-electron chi connectivity index (χ0n) is 14.6. The van der Waals surface area contributed by atoms with Gasteiger partial charge in [-0.15, -0.1) is 0 Å². The van der Waals surface area contributed by atoms with Crippen molar-refractivity contribution in [2.75, 3.05) is 5.32 Å². The summed E-state index contributed by atoms with van der Waals surface area (Å²) in [5.74, 6) is -0.420. The van der Waals surface area contributed by atoms with E-state index in [2.05, 4.69) is 5.32 Å². The van der Waals surface area contributed by atoms with Crippen LogP contribution in [0, 0.1) is 13.8 Å². The van der Waals surface area contributed by atoms with E-state index in [4.69, 9.17) is 11.6 Å². The van der Waals surface area contributed by atoms with E-state index in [1.165, 1.54) is 0 Å². The number of hydrogen-bond acceptors (Lipinski definition) is 2. The zero-order valence-corrected chi connectivity index (χ0v) is 15.4. The number of carbonyl (C=O) groups excluding carboxylic acids is 1. The molecule has 0 saturated carbocycles. The predicted octanol–water partition coefficient (Wildman–Crippen LogP) is 4.42. The van der Waals surface area contributed by atoms with Crippen LogP contribution in [0.4, 0.5) is 5.69 Å². The monoisotopic (exact) mass is 366 g/mol. The summed E-state index contributed by atoms with van der Waals surface area (Å²) in [7, 11) is 0. The summed E-state index contributed by atoms with van der Waals surface area (Å²) in [6, 6.07) is 18.3. The lowest BCUT2D eigenvalue weighted by molar-refractivity contribution is 0.102. The quantitative estimate of drug-likeness (QED) is 0.743. The highest BCUT2D eigenvalue weighted by Crippen LogP contribution is 2.15. The molecule has 0 radical (unpaired) electrons. The van der Waals surface area contributed by atoms with Gasteiger partial charge in [0.1, 0.15) is 5.56 Å². The minimum absolute atomic E-state index is 0.154. The van der Waals surface area contributed by atoms with Crippen LogP contribution in [-0.2, 0) is 6.54 Å². The molecule has 0 unspecified atom stereocenters. The van der Waals surface area contributed by atoms with E-state index in [-0.39, 0.29) is 11.1 Å². The molecule has 0 fully saturated rings. The summed E-state index contributed by atoms with van der Waals surface area (Å²) in [5, 5.41) is 3.35. The maximum absolute atomic E-state index is 13.0. The molecule has 1 heterocycles. The fraction of sp³-hybridized carbons (Fsp3) is 0.143. The highest BCUT2D eigenvalue weighted by Gasteiger charge is 2.18. The molecule has 0 saturated heterocycles. The van der Waals surface area contributed by atoms with Crippen LogP contribution >= 0.6 is 11.6 Å². The van der Waals surface area contributed by atoms with Gasteiger partial charge in [-0.05, 0) is 55.3 Å². The van der Waals surface area contributed by atoms with Crippen LogP contribution in [0.25, 0.3) is 0 Å². The normalized spacial score (nSPS) is 10.6. The molecule has 0 aliphatic carbocycles. The number of amides is 1. The van der Waals surface area contributed by atoms with E-state index in [0.717, 1.165) is 11.3 Å². The maximum atomic E-state index is 13.0. The topological polar surface area (TPSA) is 51.1 Å². The van der Waals surface area contributed by atoms with E-state index in [0.29, 0.717) is 22.8 Å². The van der Waals surface area contributed by atoms with Gasteiger partial charge in [0.05, 0.1) is 6.54 Å². The third-order valence-corrected chi connectivity index (χ3v) is 4.47. The van der Waals surface area contributed by atoms with Crippen LogP contribution in [0.15, 0.2) is 65.5 Å². The van der Waals surface area contributed by atoms with Crippen LogP contribution < -0.4 is 10.9 Å². The van der Waals surface area contributed by atoms with Crippen LogP contribution in [0.2, 0.25) is 5.02 Å². The fourth-order valence-electron chi connectivity index (χ4n) is 2.89. The van der Waals surface area contributed by atoms with Crippen molar-refractivity contribution in [1.82, 2.24) is 4.57 Å². The third-order valence-electron chi connectivity index (χ3n) is 4.22. The zero-order chi connectivity index (χ0) is 18.7. The first-order chi connectivity index (χ1) is 12.5. The molecule has 0 atom stereocenters. The third kappa shape index (κ3) is 3.86. The number of halogens is 1. The predicted molar refractivity (Wildman–Crippen MR) is 105 cm³/mol. The number of hydrogen-bond donors (Lipinski definition) is 1. The van der Waals surface area contributed by atoms with Crippen molar-refractivity contribution in [3.05, 3.63) is 98.4 Å². The lowest BCUT2D eigenvalue weighted by Crippen LogP contribution is -2.32. The number of anilines is 1. The SMILES string of the molecule is Cc1cc(C)n(Cc2ccccc2)c(=O)c1C(=O)Nc1ccc(Cl)cc1. The summed E-state index contributed by atoms with van der Waals surface area (Å²) < 4.78 is 1.62. The Labute approximate surface area is 157 Å². The molecule has 3 rings (SSSR count). The van der Waals surface area contributed by atoms with E-state index in [9.17, 15) is 9.59 Å². The minimum atomic E-state index is -0.420. The lowest BCUT2D eigenvalue weighted by Gasteiger charge is -2.15. The molecule has 0 spiro atoms. The number of nitrogens with zero attached hydrogens (tertiary/aromatic N) is 1. The summed E-state index contributed by atoms with van der Waals surface area (Å²) in [6.45, 7) is 4.07. The van der Waals surface area contributed by atoms with Gasteiger partial charge in [0.2, 0.25) is 0 Å². The molecule has 2 aromatic carbocycles. The van der Waals surface area contributed by atoms with E-state index >= 15 is 0 Å². The number of rotatable bonds is 4. The van der Waals surface area contributed by atoms with Gasteiger partial charge in [0, 0.05) is 16.4 Å².